The minimum atomic E-state index is 0.119. The van der Waals surface area contributed by atoms with E-state index in [1.54, 1.807) is 7.05 Å². The maximum atomic E-state index is 10.5. The van der Waals surface area contributed by atoms with Crippen LogP contribution in [0.25, 0.3) is 10.9 Å². The summed E-state index contributed by atoms with van der Waals surface area (Å²) in [5.74, 6) is 0.119. The van der Waals surface area contributed by atoms with Crippen molar-refractivity contribution in [3.05, 3.63) is 95.6 Å². The van der Waals surface area contributed by atoms with Crippen molar-refractivity contribution in [2.45, 2.75) is 6.54 Å². The summed E-state index contributed by atoms with van der Waals surface area (Å²) >= 11 is 0. The predicted octanol–water partition coefficient (Wildman–Crippen LogP) is 4.46. The largest absolute Gasteiger partial charge is 0.494 e. The molecule has 0 saturated heterocycles. The molecule has 0 amide bonds. The molecule has 1 aromatic heterocycles. The Kier molecular flexibility index (Phi) is 5.08. The first kappa shape index (κ1) is 17.8. The van der Waals surface area contributed by atoms with Gasteiger partial charge in [-0.1, -0.05) is 60.7 Å². The van der Waals surface area contributed by atoms with Gasteiger partial charge in [0, 0.05) is 35.7 Å². The third-order valence-corrected chi connectivity index (χ3v) is 4.65. The standard InChI is InChI=1S/C23H22N4O/c1-24-22(17-10-6-3-7-11-17)21-19-14-18(12-13-20(19)26-23(21)28)27-25-15-16-8-4-2-5-9-16/h2-14,25-28H,15H2,1H3. The summed E-state index contributed by atoms with van der Waals surface area (Å²) in [6, 6.07) is 26.0. The van der Waals surface area contributed by atoms with E-state index in [4.69, 9.17) is 0 Å². The molecule has 4 N–H and O–H groups in total. The SMILES string of the molecule is CN=C(c1ccccc1)c1c(O)[nH]c2ccc(NNCc3ccccc3)cc12. The van der Waals surface area contributed by atoms with Crippen LogP contribution >= 0.6 is 0 Å². The Hall–Kier alpha value is -3.57. The molecular weight excluding hydrogens is 348 g/mol. The Balaban J connectivity index is 1.63. The highest BCUT2D eigenvalue weighted by molar-refractivity contribution is 6.21. The van der Waals surface area contributed by atoms with Crippen LogP contribution in [0.2, 0.25) is 0 Å². The summed E-state index contributed by atoms with van der Waals surface area (Å²) in [6.07, 6.45) is 0. The van der Waals surface area contributed by atoms with Crippen LogP contribution in [0.5, 0.6) is 5.88 Å². The maximum absolute atomic E-state index is 10.5. The number of nitrogens with zero attached hydrogens (tertiary/aromatic N) is 1. The zero-order valence-corrected chi connectivity index (χ0v) is 15.6. The zero-order valence-electron chi connectivity index (χ0n) is 15.6. The number of aliphatic imine (C=N–C) groups is 1. The molecule has 0 aliphatic rings. The normalized spacial score (nSPS) is 11.7. The molecule has 0 spiro atoms. The lowest BCUT2D eigenvalue weighted by Crippen LogP contribution is -2.20. The Morgan fingerprint density at radius 2 is 1.68 bits per heavy atom. The number of hydrogen-bond donors (Lipinski definition) is 4. The summed E-state index contributed by atoms with van der Waals surface area (Å²) in [5, 5.41) is 11.5. The van der Waals surface area contributed by atoms with Gasteiger partial charge >= 0.3 is 0 Å². The number of benzene rings is 3. The second-order valence-electron chi connectivity index (χ2n) is 6.51. The van der Waals surface area contributed by atoms with Gasteiger partial charge in [-0.2, -0.15) is 0 Å². The molecular formula is C23H22N4O. The van der Waals surface area contributed by atoms with Gasteiger partial charge in [0.05, 0.1) is 11.3 Å². The average molecular weight is 370 g/mol. The number of hydrogen-bond acceptors (Lipinski definition) is 4. The van der Waals surface area contributed by atoms with Crippen LogP contribution in [0.15, 0.2) is 83.9 Å². The van der Waals surface area contributed by atoms with E-state index in [2.05, 4.69) is 33.0 Å². The van der Waals surface area contributed by atoms with E-state index < -0.39 is 0 Å². The predicted molar refractivity (Wildman–Crippen MR) is 115 cm³/mol. The molecule has 4 aromatic rings. The summed E-state index contributed by atoms with van der Waals surface area (Å²) in [6.45, 7) is 0.704. The van der Waals surface area contributed by atoms with Crippen molar-refractivity contribution in [2.24, 2.45) is 4.99 Å². The number of aromatic amines is 1. The molecule has 0 atom stereocenters. The first-order valence-electron chi connectivity index (χ1n) is 9.16. The van der Waals surface area contributed by atoms with E-state index in [1.807, 2.05) is 66.7 Å². The fourth-order valence-electron chi connectivity index (χ4n) is 3.32. The summed E-state index contributed by atoms with van der Waals surface area (Å²) in [7, 11) is 1.74. The number of aromatic hydroxyl groups is 1. The molecule has 5 nitrogen and oxygen atoms in total. The zero-order chi connectivity index (χ0) is 19.3. The van der Waals surface area contributed by atoms with Crippen molar-refractivity contribution in [1.82, 2.24) is 10.4 Å². The molecule has 140 valence electrons. The molecule has 0 bridgehead atoms. The lowest BCUT2D eigenvalue weighted by atomic mass is 10.0. The highest BCUT2D eigenvalue weighted by Crippen LogP contribution is 2.31. The second kappa shape index (κ2) is 7.98. The van der Waals surface area contributed by atoms with Crippen LogP contribution in [0.3, 0.4) is 0 Å². The third kappa shape index (κ3) is 3.61. The number of rotatable bonds is 6. The van der Waals surface area contributed by atoms with E-state index in [9.17, 15) is 5.11 Å². The van der Waals surface area contributed by atoms with Gasteiger partial charge in [0.1, 0.15) is 0 Å². The lowest BCUT2D eigenvalue weighted by Gasteiger charge is -2.10. The Morgan fingerprint density at radius 3 is 2.39 bits per heavy atom. The number of aromatic nitrogens is 1. The van der Waals surface area contributed by atoms with E-state index in [0.717, 1.165) is 27.9 Å². The van der Waals surface area contributed by atoms with Gasteiger partial charge in [0.2, 0.25) is 0 Å². The highest BCUT2D eigenvalue weighted by Gasteiger charge is 2.18. The van der Waals surface area contributed by atoms with Crippen LogP contribution < -0.4 is 10.9 Å². The van der Waals surface area contributed by atoms with Crippen molar-refractivity contribution in [2.75, 3.05) is 12.5 Å². The molecule has 1 heterocycles. The van der Waals surface area contributed by atoms with E-state index >= 15 is 0 Å². The van der Waals surface area contributed by atoms with E-state index in [0.29, 0.717) is 12.1 Å². The third-order valence-electron chi connectivity index (χ3n) is 4.65. The fourth-order valence-corrected chi connectivity index (χ4v) is 3.32. The number of fused-ring (bicyclic) bond motifs is 1. The molecule has 0 unspecified atom stereocenters. The summed E-state index contributed by atoms with van der Waals surface area (Å²) < 4.78 is 0. The van der Waals surface area contributed by atoms with Gasteiger partial charge in [-0.25, -0.2) is 5.43 Å². The Labute approximate surface area is 163 Å². The van der Waals surface area contributed by atoms with Gasteiger partial charge in [0.25, 0.3) is 0 Å². The monoisotopic (exact) mass is 370 g/mol. The smallest absolute Gasteiger partial charge is 0.199 e. The van der Waals surface area contributed by atoms with Crippen molar-refractivity contribution in [1.29, 1.82) is 0 Å². The van der Waals surface area contributed by atoms with Crippen molar-refractivity contribution in [3.8, 4) is 5.88 Å². The Morgan fingerprint density at radius 1 is 0.964 bits per heavy atom. The van der Waals surface area contributed by atoms with Crippen LogP contribution in [0.4, 0.5) is 5.69 Å². The molecule has 3 aromatic carbocycles. The summed E-state index contributed by atoms with van der Waals surface area (Å²) in [4.78, 5) is 7.49. The molecule has 0 fully saturated rings. The minimum absolute atomic E-state index is 0.119. The van der Waals surface area contributed by atoms with Crippen LogP contribution in [0, 0.1) is 0 Å². The highest BCUT2D eigenvalue weighted by atomic mass is 16.3. The average Bonchev–Trinajstić information content (AvgIpc) is 3.06. The molecule has 0 aliphatic carbocycles. The van der Waals surface area contributed by atoms with Crippen LogP contribution in [0.1, 0.15) is 16.7 Å². The van der Waals surface area contributed by atoms with Crippen LogP contribution in [-0.4, -0.2) is 22.8 Å². The Bertz CT molecular complexity index is 1100. The van der Waals surface area contributed by atoms with E-state index in [1.165, 1.54) is 5.56 Å². The first-order chi connectivity index (χ1) is 13.8. The minimum Gasteiger partial charge on any atom is -0.494 e. The quantitative estimate of drug-likeness (QED) is 0.299. The molecule has 0 radical (unpaired) electrons. The molecule has 0 saturated carbocycles. The number of anilines is 1. The van der Waals surface area contributed by atoms with Gasteiger partial charge in [0.15, 0.2) is 5.88 Å². The van der Waals surface area contributed by atoms with Crippen molar-refractivity contribution in [3.63, 3.8) is 0 Å². The van der Waals surface area contributed by atoms with Gasteiger partial charge in [-0.05, 0) is 23.8 Å². The lowest BCUT2D eigenvalue weighted by molar-refractivity contribution is 0.457. The number of hydrazine groups is 1. The fraction of sp³-hybridized carbons (Fsp3) is 0.0870. The molecule has 5 heteroatoms. The van der Waals surface area contributed by atoms with E-state index in [-0.39, 0.29) is 5.88 Å². The van der Waals surface area contributed by atoms with Crippen molar-refractivity contribution < 1.29 is 5.11 Å². The van der Waals surface area contributed by atoms with Gasteiger partial charge in [-0.15, -0.1) is 0 Å². The van der Waals surface area contributed by atoms with Crippen molar-refractivity contribution >= 4 is 22.3 Å². The summed E-state index contributed by atoms with van der Waals surface area (Å²) in [5.41, 5.74) is 11.8. The number of H-pyrrole nitrogens is 1. The molecule has 28 heavy (non-hydrogen) atoms. The second-order valence-corrected chi connectivity index (χ2v) is 6.51. The van der Waals surface area contributed by atoms with Gasteiger partial charge < -0.3 is 15.5 Å². The number of nitrogens with one attached hydrogen (secondary N) is 3. The molecule has 0 aliphatic heterocycles. The molecule has 4 rings (SSSR count). The maximum Gasteiger partial charge on any atom is 0.199 e. The topological polar surface area (TPSA) is 72.4 Å². The first-order valence-corrected chi connectivity index (χ1v) is 9.16. The van der Waals surface area contributed by atoms with Crippen LogP contribution in [-0.2, 0) is 6.54 Å². The van der Waals surface area contributed by atoms with Gasteiger partial charge in [-0.3, -0.25) is 4.99 Å².